The molecule has 2 unspecified atom stereocenters. The van der Waals surface area contributed by atoms with Crippen LogP contribution in [0.2, 0.25) is 0 Å². The van der Waals surface area contributed by atoms with Crippen molar-refractivity contribution in [2.45, 2.75) is 44.8 Å². The summed E-state index contributed by atoms with van der Waals surface area (Å²) in [5.41, 5.74) is 2.28. The van der Waals surface area contributed by atoms with Gasteiger partial charge in [-0.1, -0.05) is 31.2 Å². The number of hydrogen-bond donors (Lipinski definition) is 1. The third kappa shape index (κ3) is 2.63. The Morgan fingerprint density at radius 1 is 1.31 bits per heavy atom. The first-order valence-electron chi connectivity index (χ1n) is 6.19. The van der Waals surface area contributed by atoms with Crippen LogP contribution in [0.15, 0.2) is 24.3 Å². The largest absolute Gasteiger partial charge is 0.386 e. The second-order valence-electron chi connectivity index (χ2n) is 4.44. The van der Waals surface area contributed by atoms with Crippen molar-refractivity contribution in [1.82, 2.24) is 0 Å². The van der Waals surface area contributed by atoms with Gasteiger partial charge in [0.25, 0.3) is 0 Å². The molecule has 2 atom stereocenters. The van der Waals surface area contributed by atoms with Crippen molar-refractivity contribution in [1.29, 1.82) is 0 Å². The summed E-state index contributed by atoms with van der Waals surface area (Å²) in [6.07, 6.45) is 3.81. The predicted molar refractivity (Wildman–Crippen MR) is 64.4 cm³/mol. The average Bonchev–Trinajstić information content (AvgIpc) is 2.39. The van der Waals surface area contributed by atoms with E-state index in [2.05, 4.69) is 19.1 Å². The van der Waals surface area contributed by atoms with Gasteiger partial charge in [-0.2, -0.15) is 0 Å². The molecule has 1 saturated heterocycles. The highest BCUT2D eigenvalue weighted by atomic mass is 16.5. The number of benzene rings is 1. The molecule has 1 heterocycles. The van der Waals surface area contributed by atoms with E-state index in [1.165, 1.54) is 5.56 Å². The Morgan fingerprint density at radius 2 is 2.06 bits per heavy atom. The minimum atomic E-state index is -0.466. The van der Waals surface area contributed by atoms with E-state index in [1.807, 2.05) is 12.1 Å². The maximum Gasteiger partial charge on any atom is 0.105 e. The summed E-state index contributed by atoms with van der Waals surface area (Å²) in [6, 6.07) is 8.20. The molecule has 2 nitrogen and oxygen atoms in total. The molecule has 0 radical (unpaired) electrons. The van der Waals surface area contributed by atoms with E-state index < -0.39 is 6.10 Å². The van der Waals surface area contributed by atoms with E-state index in [9.17, 15) is 5.11 Å². The number of aliphatic hydroxyl groups excluding tert-OH is 1. The molecule has 16 heavy (non-hydrogen) atoms. The lowest BCUT2D eigenvalue weighted by Gasteiger charge is -2.27. The Bertz CT molecular complexity index is 312. The molecule has 88 valence electrons. The van der Waals surface area contributed by atoms with Crippen molar-refractivity contribution >= 4 is 0 Å². The van der Waals surface area contributed by atoms with Crippen LogP contribution in [-0.4, -0.2) is 17.8 Å². The number of rotatable bonds is 3. The lowest BCUT2D eigenvalue weighted by Crippen LogP contribution is -2.26. The van der Waals surface area contributed by atoms with Crippen molar-refractivity contribution in [2.75, 3.05) is 6.61 Å². The van der Waals surface area contributed by atoms with Gasteiger partial charge >= 0.3 is 0 Å². The Morgan fingerprint density at radius 3 is 2.62 bits per heavy atom. The standard InChI is InChI=1S/C14H20O2/c1-2-11-6-8-12(9-7-11)14(15)13-5-3-4-10-16-13/h6-9,13-15H,2-5,10H2,1H3. The predicted octanol–water partition coefficient (Wildman–Crippen LogP) is 2.85. The lowest BCUT2D eigenvalue weighted by atomic mass is 9.97. The molecule has 1 aliphatic heterocycles. The zero-order chi connectivity index (χ0) is 11.4. The van der Waals surface area contributed by atoms with Gasteiger partial charge in [0, 0.05) is 6.61 Å². The molecule has 0 aromatic heterocycles. The minimum Gasteiger partial charge on any atom is -0.386 e. The van der Waals surface area contributed by atoms with Crippen molar-refractivity contribution in [3.05, 3.63) is 35.4 Å². The van der Waals surface area contributed by atoms with Crippen molar-refractivity contribution < 1.29 is 9.84 Å². The van der Waals surface area contributed by atoms with Gasteiger partial charge in [-0.15, -0.1) is 0 Å². The molecular formula is C14H20O2. The zero-order valence-electron chi connectivity index (χ0n) is 9.86. The normalized spacial score (nSPS) is 23.0. The zero-order valence-corrected chi connectivity index (χ0v) is 9.86. The average molecular weight is 220 g/mol. The summed E-state index contributed by atoms with van der Waals surface area (Å²) in [5.74, 6) is 0. The highest BCUT2D eigenvalue weighted by Gasteiger charge is 2.23. The number of ether oxygens (including phenoxy) is 1. The van der Waals surface area contributed by atoms with E-state index in [-0.39, 0.29) is 6.10 Å². The second-order valence-corrected chi connectivity index (χ2v) is 4.44. The van der Waals surface area contributed by atoms with E-state index in [0.29, 0.717) is 0 Å². The highest BCUT2D eigenvalue weighted by Crippen LogP contribution is 2.26. The summed E-state index contributed by atoms with van der Waals surface area (Å²) in [6.45, 7) is 2.92. The smallest absolute Gasteiger partial charge is 0.105 e. The highest BCUT2D eigenvalue weighted by molar-refractivity contribution is 5.24. The number of aliphatic hydroxyl groups is 1. The molecule has 1 aromatic carbocycles. The van der Waals surface area contributed by atoms with Crippen molar-refractivity contribution in [3.8, 4) is 0 Å². The van der Waals surface area contributed by atoms with Crippen LogP contribution in [0, 0.1) is 0 Å². The molecule has 0 saturated carbocycles. The fourth-order valence-corrected chi connectivity index (χ4v) is 2.18. The van der Waals surface area contributed by atoms with Crippen LogP contribution in [0.4, 0.5) is 0 Å². The molecule has 0 spiro atoms. The molecule has 1 fully saturated rings. The molecule has 0 amide bonds. The summed E-state index contributed by atoms with van der Waals surface area (Å²) in [5, 5.41) is 10.2. The summed E-state index contributed by atoms with van der Waals surface area (Å²) in [4.78, 5) is 0. The Labute approximate surface area is 97.3 Å². The van der Waals surface area contributed by atoms with Crippen molar-refractivity contribution in [2.24, 2.45) is 0 Å². The molecule has 1 aliphatic rings. The first-order valence-corrected chi connectivity index (χ1v) is 6.19. The Balaban J connectivity index is 2.04. The van der Waals surface area contributed by atoms with Gasteiger partial charge in [0.2, 0.25) is 0 Å². The van der Waals surface area contributed by atoms with Crippen LogP contribution in [0.3, 0.4) is 0 Å². The van der Waals surface area contributed by atoms with Crippen LogP contribution in [0.1, 0.15) is 43.4 Å². The van der Waals surface area contributed by atoms with E-state index in [1.54, 1.807) is 0 Å². The fourth-order valence-electron chi connectivity index (χ4n) is 2.18. The molecule has 0 bridgehead atoms. The minimum absolute atomic E-state index is 0.0128. The van der Waals surface area contributed by atoms with E-state index >= 15 is 0 Å². The van der Waals surface area contributed by atoms with Gasteiger partial charge in [-0.3, -0.25) is 0 Å². The van der Waals surface area contributed by atoms with Crippen LogP contribution in [0.5, 0.6) is 0 Å². The first kappa shape index (κ1) is 11.6. The lowest BCUT2D eigenvalue weighted by molar-refractivity contribution is -0.0633. The molecule has 0 aliphatic carbocycles. The number of aryl methyl sites for hydroxylation is 1. The van der Waals surface area contributed by atoms with Gasteiger partial charge < -0.3 is 9.84 Å². The van der Waals surface area contributed by atoms with Crippen LogP contribution in [-0.2, 0) is 11.2 Å². The van der Waals surface area contributed by atoms with Gasteiger partial charge in [0.15, 0.2) is 0 Å². The van der Waals surface area contributed by atoms with Crippen molar-refractivity contribution in [3.63, 3.8) is 0 Å². The summed E-state index contributed by atoms with van der Waals surface area (Å²) >= 11 is 0. The summed E-state index contributed by atoms with van der Waals surface area (Å²) in [7, 11) is 0. The third-order valence-electron chi connectivity index (χ3n) is 3.30. The molecule has 2 rings (SSSR count). The maximum absolute atomic E-state index is 10.2. The monoisotopic (exact) mass is 220 g/mol. The summed E-state index contributed by atoms with van der Waals surface area (Å²) < 4.78 is 5.60. The maximum atomic E-state index is 10.2. The first-order chi connectivity index (χ1) is 7.81. The second kappa shape index (κ2) is 5.46. The third-order valence-corrected chi connectivity index (χ3v) is 3.30. The van der Waals surface area contributed by atoms with E-state index in [4.69, 9.17) is 4.74 Å². The Kier molecular flexibility index (Phi) is 3.97. The van der Waals surface area contributed by atoms with Gasteiger partial charge in [0.1, 0.15) is 6.10 Å². The molecular weight excluding hydrogens is 200 g/mol. The molecule has 1 aromatic rings. The van der Waals surface area contributed by atoms with Gasteiger partial charge in [-0.05, 0) is 36.8 Å². The van der Waals surface area contributed by atoms with Crippen LogP contribution < -0.4 is 0 Å². The fraction of sp³-hybridized carbons (Fsp3) is 0.571. The van der Waals surface area contributed by atoms with Gasteiger partial charge in [-0.25, -0.2) is 0 Å². The molecule has 2 heteroatoms. The SMILES string of the molecule is CCc1ccc(C(O)C2CCCCO2)cc1. The quantitative estimate of drug-likeness (QED) is 0.848. The van der Waals surface area contributed by atoms with Gasteiger partial charge in [0.05, 0.1) is 6.10 Å². The van der Waals surface area contributed by atoms with Crippen LogP contribution >= 0.6 is 0 Å². The Hall–Kier alpha value is -0.860. The van der Waals surface area contributed by atoms with Crippen LogP contribution in [0.25, 0.3) is 0 Å². The van der Waals surface area contributed by atoms with E-state index in [0.717, 1.165) is 37.9 Å². The number of hydrogen-bond acceptors (Lipinski definition) is 2. The topological polar surface area (TPSA) is 29.5 Å². The molecule has 1 N–H and O–H groups in total.